The Morgan fingerprint density at radius 3 is 2.39 bits per heavy atom. The van der Waals surface area contributed by atoms with Gasteiger partial charge in [0.05, 0.1) is 18.9 Å². The number of hydrogen-bond acceptors (Lipinski definition) is 3. The molecule has 0 bridgehead atoms. The highest BCUT2D eigenvalue weighted by atomic mass is 16.5. The van der Waals surface area contributed by atoms with Crippen molar-refractivity contribution in [1.29, 1.82) is 0 Å². The summed E-state index contributed by atoms with van der Waals surface area (Å²) in [7, 11) is 0. The molecule has 3 heteroatoms. The molecule has 1 aromatic rings. The maximum atomic E-state index is 12.1. The van der Waals surface area contributed by atoms with E-state index >= 15 is 0 Å². The van der Waals surface area contributed by atoms with Crippen LogP contribution in [0.3, 0.4) is 0 Å². The third kappa shape index (κ3) is 4.32. The number of carbonyl (C=O) groups is 2. The van der Waals surface area contributed by atoms with Crippen molar-refractivity contribution in [2.45, 2.75) is 39.0 Å². The molecular weight excluding hydrogens is 228 g/mol. The molecule has 0 N–H and O–H groups in total. The van der Waals surface area contributed by atoms with Crippen LogP contribution in [0, 0.1) is 0 Å². The average molecular weight is 248 g/mol. The standard InChI is InChI=1S/C15H20O3/c1-3-8-14(16)13(11-15(17)18-4-2)12-9-6-5-7-10-12/h5-7,9-10,13H,3-4,8,11H2,1-2H3. The normalized spacial score (nSPS) is 11.9. The van der Waals surface area contributed by atoms with Crippen molar-refractivity contribution in [3.05, 3.63) is 35.9 Å². The minimum atomic E-state index is -0.370. The van der Waals surface area contributed by atoms with Gasteiger partial charge in [0.25, 0.3) is 0 Å². The maximum Gasteiger partial charge on any atom is 0.306 e. The molecule has 0 spiro atoms. The lowest BCUT2D eigenvalue weighted by Crippen LogP contribution is -2.18. The highest BCUT2D eigenvalue weighted by Gasteiger charge is 2.23. The van der Waals surface area contributed by atoms with Gasteiger partial charge in [-0.1, -0.05) is 37.3 Å². The lowest BCUT2D eigenvalue weighted by Gasteiger charge is -2.15. The third-order valence-electron chi connectivity index (χ3n) is 2.76. The van der Waals surface area contributed by atoms with Crippen LogP contribution in [0.25, 0.3) is 0 Å². The summed E-state index contributed by atoms with van der Waals surface area (Å²) >= 11 is 0. The Morgan fingerprint density at radius 1 is 1.17 bits per heavy atom. The Kier molecular flexibility index (Phi) is 6.12. The van der Waals surface area contributed by atoms with Crippen molar-refractivity contribution in [2.75, 3.05) is 6.61 Å². The molecule has 0 radical (unpaired) electrons. The van der Waals surface area contributed by atoms with Crippen molar-refractivity contribution >= 4 is 11.8 Å². The summed E-state index contributed by atoms with van der Waals surface area (Å²) in [4.78, 5) is 23.6. The van der Waals surface area contributed by atoms with E-state index < -0.39 is 0 Å². The number of hydrogen-bond donors (Lipinski definition) is 0. The molecule has 0 aliphatic rings. The van der Waals surface area contributed by atoms with Gasteiger partial charge in [-0.15, -0.1) is 0 Å². The van der Waals surface area contributed by atoms with Crippen LogP contribution in [0.4, 0.5) is 0 Å². The predicted octanol–water partition coefficient (Wildman–Crippen LogP) is 3.09. The van der Waals surface area contributed by atoms with Gasteiger partial charge in [-0.05, 0) is 18.9 Å². The molecule has 0 aliphatic carbocycles. The molecule has 1 unspecified atom stereocenters. The lowest BCUT2D eigenvalue weighted by molar-refractivity contribution is -0.145. The lowest BCUT2D eigenvalue weighted by atomic mass is 9.89. The fourth-order valence-electron chi connectivity index (χ4n) is 1.91. The SMILES string of the molecule is CCCC(=O)C(CC(=O)OCC)c1ccccc1. The number of Topliss-reactive ketones (excluding diaryl/α,β-unsaturated/α-hetero) is 1. The Morgan fingerprint density at radius 2 is 1.83 bits per heavy atom. The first-order valence-corrected chi connectivity index (χ1v) is 6.42. The average Bonchev–Trinajstić information content (AvgIpc) is 2.37. The number of ketones is 1. The molecule has 0 saturated carbocycles. The van der Waals surface area contributed by atoms with E-state index in [1.807, 2.05) is 37.3 Å². The van der Waals surface area contributed by atoms with E-state index in [2.05, 4.69) is 0 Å². The van der Waals surface area contributed by atoms with Crippen molar-refractivity contribution in [3.63, 3.8) is 0 Å². The van der Waals surface area contributed by atoms with Gasteiger partial charge in [0.15, 0.2) is 0 Å². The number of carbonyl (C=O) groups excluding carboxylic acids is 2. The molecule has 1 atom stereocenters. The second-order valence-electron chi connectivity index (χ2n) is 4.19. The van der Waals surface area contributed by atoms with Gasteiger partial charge < -0.3 is 4.74 Å². The van der Waals surface area contributed by atoms with E-state index in [0.29, 0.717) is 13.0 Å². The number of esters is 1. The molecule has 3 nitrogen and oxygen atoms in total. The summed E-state index contributed by atoms with van der Waals surface area (Å²) in [6.07, 6.45) is 1.43. The van der Waals surface area contributed by atoms with E-state index in [1.54, 1.807) is 6.92 Å². The topological polar surface area (TPSA) is 43.4 Å². The summed E-state index contributed by atoms with van der Waals surface area (Å²) in [5.74, 6) is -0.572. The molecule has 0 aliphatic heterocycles. The van der Waals surface area contributed by atoms with Crippen LogP contribution >= 0.6 is 0 Å². The summed E-state index contributed by atoms with van der Waals surface area (Å²) in [5, 5.41) is 0. The van der Waals surface area contributed by atoms with Crippen molar-refractivity contribution in [3.8, 4) is 0 Å². The van der Waals surface area contributed by atoms with Crippen LogP contribution in [0.15, 0.2) is 30.3 Å². The predicted molar refractivity (Wildman–Crippen MR) is 70.3 cm³/mol. The highest BCUT2D eigenvalue weighted by molar-refractivity contribution is 5.89. The number of benzene rings is 1. The minimum Gasteiger partial charge on any atom is -0.466 e. The zero-order valence-electron chi connectivity index (χ0n) is 11.0. The summed E-state index contributed by atoms with van der Waals surface area (Å²) in [6.45, 7) is 4.08. The first-order valence-electron chi connectivity index (χ1n) is 6.42. The van der Waals surface area contributed by atoms with Gasteiger partial charge in [-0.2, -0.15) is 0 Å². The fraction of sp³-hybridized carbons (Fsp3) is 0.467. The van der Waals surface area contributed by atoms with E-state index in [1.165, 1.54) is 0 Å². The molecule has 0 fully saturated rings. The van der Waals surface area contributed by atoms with E-state index in [4.69, 9.17) is 4.74 Å². The second-order valence-corrected chi connectivity index (χ2v) is 4.19. The number of ether oxygens (including phenoxy) is 1. The van der Waals surface area contributed by atoms with Crippen LogP contribution in [0.5, 0.6) is 0 Å². The monoisotopic (exact) mass is 248 g/mol. The van der Waals surface area contributed by atoms with E-state index in [0.717, 1.165) is 12.0 Å². The van der Waals surface area contributed by atoms with Gasteiger partial charge in [0.2, 0.25) is 0 Å². The Labute approximate surface area is 108 Å². The molecule has 0 saturated heterocycles. The van der Waals surface area contributed by atoms with E-state index in [9.17, 15) is 9.59 Å². The smallest absolute Gasteiger partial charge is 0.306 e. The van der Waals surface area contributed by atoms with Gasteiger partial charge >= 0.3 is 5.97 Å². The van der Waals surface area contributed by atoms with Gasteiger partial charge in [-0.3, -0.25) is 9.59 Å². The fourth-order valence-corrected chi connectivity index (χ4v) is 1.91. The zero-order chi connectivity index (χ0) is 13.4. The number of rotatable bonds is 7. The molecule has 0 amide bonds. The Bertz CT molecular complexity index is 384. The van der Waals surface area contributed by atoms with Crippen LogP contribution in [0.2, 0.25) is 0 Å². The minimum absolute atomic E-state index is 0.108. The van der Waals surface area contributed by atoms with Crippen molar-refractivity contribution in [1.82, 2.24) is 0 Å². The van der Waals surface area contributed by atoms with Crippen LogP contribution in [0.1, 0.15) is 44.6 Å². The molecular formula is C15H20O3. The Balaban J connectivity index is 2.82. The van der Waals surface area contributed by atoms with Crippen LogP contribution < -0.4 is 0 Å². The molecule has 0 aromatic heterocycles. The highest BCUT2D eigenvalue weighted by Crippen LogP contribution is 2.23. The summed E-state index contributed by atoms with van der Waals surface area (Å²) in [6, 6.07) is 9.43. The van der Waals surface area contributed by atoms with Crippen molar-refractivity contribution in [2.24, 2.45) is 0 Å². The molecule has 18 heavy (non-hydrogen) atoms. The molecule has 0 heterocycles. The first-order chi connectivity index (χ1) is 8.69. The summed E-state index contributed by atoms with van der Waals surface area (Å²) < 4.78 is 4.93. The Hall–Kier alpha value is -1.64. The van der Waals surface area contributed by atoms with Crippen LogP contribution in [-0.4, -0.2) is 18.4 Å². The molecule has 1 rings (SSSR count). The molecule has 1 aromatic carbocycles. The largest absolute Gasteiger partial charge is 0.466 e. The van der Waals surface area contributed by atoms with Crippen molar-refractivity contribution < 1.29 is 14.3 Å². The van der Waals surface area contributed by atoms with Gasteiger partial charge in [-0.25, -0.2) is 0 Å². The third-order valence-corrected chi connectivity index (χ3v) is 2.76. The quantitative estimate of drug-likeness (QED) is 0.696. The first kappa shape index (κ1) is 14.4. The summed E-state index contributed by atoms with van der Waals surface area (Å²) in [5.41, 5.74) is 0.893. The van der Waals surface area contributed by atoms with Crippen LogP contribution in [-0.2, 0) is 14.3 Å². The second kappa shape index (κ2) is 7.64. The zero-order valence-corrected chi connectivity index (χ0v) is 11.0. The molecule has 98 valence electrons. The van der Waals surface area contributed by atoms with Gasteiger partial charge in [0, 0.05) is 6.42 Å². The van der Waals surface area contributed by atoms with E-state index in [-0.39, 0.29) is 24.1 Å². The van der Waals surface area contributed by atoms with Gasteiger partial charge in [0.1, 0.15) is 5.78 Å². The maximum absolute atomic E-state index is 12.1.